The van der Waals surface area contributed by atoms with Crippen molar-refractivity contribution in [1.29, 1.82) is 0 Å². The lowest BCUT2D eigenvalue weighted by atomic mass is 10.1. The Morgan fingerprint density at radius 1 is 0.931 bits per heavy atom. The number of rotatable bonds is 8. The quantitative estimate of drug-likeness (QED) is 0.532. The van der Waals surface area contributed by atoms with Gasteiger partial charge in [-0.25, -0.2) is 9.48 Å². The van der Waals surface area contributed by atoms with E-state index in [4.69, 9.17) is 11.6 Å². The topological polar surface area (TPSA) is 88.1 Å². The number of halogens is 1. The van der Waals surface area contributed by atoms with E-state index in [1.165, 1.54) is 0 Å². The van der Waals surface area contributed by atoms with Crippen LogP contribution in [0.1, 0.15) is 11.1 Å². The second-order valence-corrected chi connectivity index (χ2v) is 6.83. The predicted molar refractivity (Wildman–Crippen MR) is 112 cm³/mol. The van der Waals surface area contributed by atoms with Crippen LogP contribution < -0.4 is 16.0 Å². The lowest BCUT2D eigenvalue weighted by Crippen LogP contribution is -2.42. The van der Waals surface area contributed by atoms with Gasteiger partial charge in [-0.05, 0) is 36.2 Å². The van der Waals surface area contributed by atoms with E-state index in [9.17, 15) is 9.59 Å². The number of carbonyl (C=O) groups is 2. The summed E-state index contributed by atoms with van der Waals surface area (Å²) < 4.78 is 1.70. The molecular formula is C21H22ClN5O2. The zero-order chi connectivity index (χ0) is 20.5. The van der Waals surface area contributed by atoms with Crippen molar-refractivity contribution in [3.63, 3.8) is 0 Å². The molecule has 0 saturated heterocycles. The highest BCUT2D eigenvalue weighted by Gasteiger charge is 2.06. The Morgan fingerprint density at radius 3 is 2.45 bits per heavy atom. The molecular weight excluding hydrogens is 390 g/mol. The van der Waals surface area contributed by atoms with Gasteiger partial charge in [-0.15, -0.1) is 0 Å². The second kappa shape index (κ2) is 10.3. The van der Waals surface area contributed by atoms with Crippen molar-refractivity contribution in [1.82, 2.24) is 25.7 Å². The molecule has 0 fully saturated rings. The third-order valence-corrected chi connectivity index (χ3v) is 4.42. The van der Waals surface area contributed by atoms with Crippen molar-refractivity contribution in [2.24, 2.45) is 0 Å². The van der Waals surface area contributed by atoms with Crippen molar-refractivity contribution in [2.75, 3.05) is 13.1 Å². The minimum absolute atomic E-state index is 0.0787. The highest BCUT2D eigenvalue weighted by molar-refractivity contribution is 6.30. The van der Waals surface area contributed by atoms with E-state index in [1.54, 1.807) is 23.0 Å². The summed E-state index contributed by atoms with van der Waals surface area (Å²) in [7, 11) is 0. The molecule has 8 heteroatoms. The first-order valence-electron chi connectivity index (χ1n) is 9.22. The van der Waals surface area contributed by atoms with Crippen LogP contribution in [0.15, 0.2) is 67.0 Å². The third-order valence-electron chi connectivity index (χ3n) is 4.17. The van der Waals surface area contributed by atoms with Crippen molar-refractivity contribution >= 4 is 23.5 Å². The summed E-state index contributed by atoms with van der Waals surface area (Å²) in [6.45, 7) is 0.746. The van der Waals surface area contributed by atoms with Crippen molar-refractivity contribution < 1.29 is 9.59 Å². The van der Waals surface area contributed by atoms with Gasteiger partial charge in [0.05, 0.1) is 18.4 Å². The standard InChI is InChI=1S/C21H22ClN5O2/c22-18-6-8-19(9-7-18)27-15-17(13-26-27)12-24-21(29)25-14-20(28)23-11-10-16-4-2-1-3-5-16/h1-9,13,15H,10-12,14H2,(H,23,28)(H2,24,25,29). The molecule has 150 valence electrons. The molecule has 0 radical (unpaired) electrons. The summed E-state index contributed by atoms with van der Waals surface area (Å²) in [4.78, 5) is 23.7. The van der Waals surface area contributed by atoms with E-state index in [0.29, 0.717) is 18.1 Å². The molecule has 29 heavy (non-hydrogen) atoms. The Bertz CT molecular complexity index is 941. The number of benzene rings is 2. The fourth-order valence-electron chi connectivity index (χ4n) is 2.65. The molecule has 0 spiro atoms. The highest BCUT2D eigenvalue weighted by Crippen LogP contribution is 2.13. The monoisotopic (exact) mass is 411 g/mol. The molecule has 3 amide bonds. The molecule has 0 atom stereocenters. The normalized spacial score (nSPS) is 10.4. The number of urea groups is 1. The maximum absolute atomic E-state index is 11.9. The van der Waals surface area contributed by atoms with Gasteiger partial charge in [0.2, 0.25) is 5.91 Å². The Balaban J connectivity index is 1.34. The Hall–Kier alpha value is -3.32. The number of nitrogens with one attached hydrogen (secondary N) is 3. The van der Waals surface area contributed by atoms with E-state index < -0.39 is 6.03 Å². The first-order valence-corrected chi connectivity index (χ1v) is 9.60. The van der Waals surface area contributed by atoms with Gasteiger partial charge in [0, 0.05) is 29.9 Å². The maximum atomic E-state index is 11.9. The second-order valence-electron chi connectivity index (χ2n) is 6.39. The van der Waals surface area contributed by atoms with Crippen LogP contribution in [0.2, 0.25) is 5.02 Å². The molecule has 0 aliphatic rings. The van der Waals surface area contributed by atoms with Crippen LogP contribution in [0.5, 0.6) is 0 Å². The lowest BCUT2D eigenvalue weighted by molar-refractivity contribution is -0.120. The van der Waals surface area contributed by atoms with Crippen molar-refractivity contribution in [3.05, 3.63) is 83.1 Å². The Labute approximate surface area is 174 Å². The zero-order valence-electron chi connectivity index (χ0n) is 15.8. The van der Waals surface area contributed by atoms with Crippen molar-refractivity contribution in [2.45, 2.75) is 13.0 Å². The van der Waals surface area contributed by atoms with Gasteiger partial charge in [-0.1, -0.05) is 41.9 Å². The summed E-state index contributed by atoms with van der Waals surface area (Å²) in [5.41, 5.74) is 2.86. The molecule has 7 nitrogen and oxygen atoms in total. The SMILES string of the molecule is O=C(CNC(=O)NCc1cnn(-c2ccc(Cl)cc2)c1)NCCc1ccccc1. The summed E-state index contributed by atoms with van der Waals surface area (Å²) in [6, 6.07) is 16.8. The largest absolute Gasteiger partial charge is 0.354 e. The van der Waals surface area contributed by atoms with Crippen LogP contribution in [0, 0.1) is 0 Å². The fraction of sp³-hybridized carbons (Fsp3) is 0.190. The summed E-state index contributed by atoms with van der Waals surface area (Å²) in [6.07, 6.45) is 4.24. The zero-order valence-corrected chi connectivity index (χ0v) is 16.5. The smallest absolute Gasteiger partial charge is 0.315 e. The van der Waals surface area contributed by atoms with Crippen LogP contribution in [0.4, 0.5) is 4.79 Å². The first-order chi connectivity index (χ1) is 14.1. The molecule has 0 bridgehead atoms. The molecule has 1 aromatic heterocycles. The Kier molecular flexibility index (Phi) is 7.24. The van der Waals surface area contributed by atoms with Gasteiger partial charge in [-0.3, -0.25) is 4.79 Å². The van der Waals surface area contributed by atoms with Crippen molar-refractivity contribution in [3.8, 4) is 5.69 Å². The first kappa shape index (κ1) is 20.4. The van der Waals surface area contributed by atoms with Gasteiger partial charge < -0.3 is 16.0 Å². The van der Waals surface area contributed by atoms with Gasteiger partial charge in [0.1, 0.15) is 0 Å². The minimum atomic E-state index is -0.414. The summed E-state index contributed by atoms with van der Waals surface area (Å²) in [5.74, 6) is -0.230. The number of hydrogen-bond donors (Lipinski definition) is 3. The minimum Gasteiger partial charge on any atom is -0.354 e. The summed E-state index contributed by atoms with van der Waals surface area (Å²) >= 11 is 5.88. The fourth-order valence-corrected chi connectivity index (χ4v) is 2.77. The van der Waals surface area contributed by atoms with E-state index in [2.05, 4.69) is 21.0 Å². The molecule has 3 N–H and O–H groups in total. The number of carbonyl (C=O) groups excluding carboxylic acids is 2. The predicted octanol–water partition coefficient (Wildman–Crippen LogP) is 2.68. The molecule has 0 saturated carbocycles. The van der Waals surface area contributed by atoms with Gasteiger partial charge in [0.25, 0.3) is 0 Å². The van der Waals surface area contributed by atoms with Crippen LogP contribution in [-0.4, -0.2) is 34.8 Å². The average molecular weight is 412 g/mol. The van der Waals surface area contributed by atoms with Crippen LogP contribution in [0.25, 0.3) is 5.69 Å². The molecule has 0 aliphatic carbocycles. The Morgan fingerprint density at radius 2 is 1.69 bits per heavy atom. The molecule has 3 rings (SSSR count). The molecule has 3 aromatic rings. The van der Waals surface area contributed by atoms with Gasteiger partial charge >= 0.3 is 6.03 Å². The van der Waals surface area contributed by atoms with E-state index in [-0.39, 0.29) is 12.5 Å². The average Bonchev–Trinajstić information content (AvgIpc) is 3.21. The lowest BCUT2D eigenvalue weighted by Gasteiger charge is -2.08. The van der Waals surface area contributed by atoms with Crippen LogP contribution in [0.3, 0.4) is 0 Å². The molecule has 1 heterocycles. The third kappa shape index (κ3) is 6.65. The molecule has 0 unspecified atom stereocenters. The number of amides is 3. The maximum Gasteiger partial charge on any atom is 0.315 e. The van der Waals surface area contributed by atoms with E-state index >= 15 is 0 Å². The van der Waals surface area contributed by atoms with Gasteiger partial charge in [0.15, 0.2) is 0 Å². The van der Waals surface area contributed by atoms with E-state index in [0.717, 1.165) is 23.2 Å². The number of hydrogen-bond acceptors (Lipinski definition) is 3. The highest BCUT2D eigenvalue weighted by atomic mass is 35.5. The molecule has 0 aliphatic heterocycles. The van der Waals surface area contributed by atoms with Gasteiger partial charge in [-0.2, -0.15) is 5.10 Å². The number of nitrogens with zero attached hydrogens (tertiary/aromatic N) is 2. The van der Waals surface area contributed by atoms with Crippen LogP contribution >= 0.6 is 11.6 Å². The summed E-state index contributed by atoms with van der Waals surface area (Å²) in [5, 5.41) is 13.0. The van der Waals surface area contributed by atoms with Crippen LogP contribution in [-0.2, 0) is 17.8 Å². The van der Waals surface area contributed by atoms with E-state index in [1.807, 2.05) is 48.7 Å². The number of aromatic nitrogens is 2. The molecule has 2 aromatic carbocycles.